The van der Waals surface area contributed by atoms with Gasteiger partial charge in [-0.2, -0.15) is 0 Å². The van der Waals surface area contributed by atoms with Gasteiger partial charge in [0.1, 0.15) is 5.69 Å². The summed E-state index contributed by atoms with van der Waals surface area (Å²) in [7, 11) is 1.94. The highest BCUT2D eigenvalue weighted by Gasteiger charge is 2.27. The number of nitrogens with zero attached hydrogens (tertiary/aromatic N) is 2. The van der Waals surface area contributed by atoms with E-state index < -0.39 is 14.9 Å². The fraction of sp³-hybridized carbons (Fsp3) is 0.647. The van der Waals surface area contributed by atoms with Crippen molar-refractivity contribution in [2.45, 2.75) is 43.0 Å². The molecule has 1 aliphatic rings. The molecule has 1 aromatic carbocycles. The van der Waals surface area contributed by atoms with E-state index in [2.05, 4.69) is 4.72 Å². The Morgan fingerprint density at radius 1 is 1.27 bits per heavy atom. The van der Waals surface area contributed by atoms with Crippen molar-refractivity contribution in [3.8, 4) is 0 Å². The van der Waals surface area contributed by atoms with E-state index in [1.165, 1.54) is 18.6 Å². The molecular weight excluding hydrogens is 356 g/mol. The van der Waals surface area contributed by atoms with Crippen molar-refractivity contribution in [2.75, 3.05) is 39.1 Å². The normalized spacial score (nSPS) is 16.0. The van der Waals surface area contributed by atoms with Crippen LogP contribution in [0.4, 0.5) is 11.4 Å². The second-order valence-corrected chi connectivity index (χ2v) is 8.93. The standard InChI is InChI=1S/C17H28N4O4S/c1-19(2)12-11-18-26(24,25)15-9-10-16(17(13-15)21(22)23)20(3)14-7-5-4-6-8-14/h9-10,13-14,18H,4-8,11-12H2,1-3H3/p+1. The molecule has 0 radical (unpaired) electrons. The second kappa shape index (κ2) is 8.79. The number of hydrogen-bond donors (Lipinski definition) is 2. The number of sulfonamides is 1. The molecule has 0 heterocycles. The number of nitro benzene ring substituents is 1. The zero-order valence-electron chi connectivity index (χ0n) is 15.7. The first-order valence-corrected chi connectivity index (χ1v) is 10.5. The third-order valence-corrected chi connectivity index (χ3v) is 6.33. The summed E-state index contributed by atoms with van der Waals surface area (Å²) in [6.45, 7) is 0.909. The van der Waals surface area contributed by atoms with Crippen molar-refractivity contribution in [3.05, 3.63) is 28.3 Å². The molecule has 0 spiro atoms. The highest BCUT2D eigenvalue weighted by atomic mass is 32.2. The minimum Gasteiger partial charge on any atom is -0.366 e. The summed E-state index contributed by atoms with van der Waals surface area (Å²) in [5.74, 6) is 0. The summed E-state index contributed by atoms with van der Waals surface area (Å²) >= 11 is 0. The number of nitrogens with one attached hydrogen (secondary N) is 2. The molecule has 1 saturated carbocycles. The molecule has 26 heavy (non-hydrogen) atoms. The van der Waals surface area contributed by atoms with E-state index in [0.717, 1.165) is 30.6 Å². The maximum absolute atomic E-state index is 12.4. The van der Waals surface area contributed by atoms with Crippen molar-refractivity contribution in [1.82, 2.24) is 4.72 Å². The molecular formula is C17H29N4O4S+. The van der Waals surface area contributed by atoms with E-state index >= 15 is 0 Å². The molecule has 0 bridgehead atoms. The number of quaternary nitrogens is 1. The average molecular weight is 386 g/mol. The molecule has 1 aliphatic carbocycles. The van der Waals surface area contributed by atoms with E-state index in [0.29, 0.717) is 12.2 Å². The van der Waals surface area contributed by atoms with Gasteiger partial charge in [0.15, 0.2) is 0 Å². The first kappa shape index (κ1) is 20.6. The van der Waals surface area contributed by atoms with E-state index in [-0.39, 0.29) is 23.2 Å². The van der Waals surface area contributed by atoms with Crippen LogP contribution in [0.1, 0.15) is 32.1 Å². The number of anilines is 1. The summed E-state index contributed by atoms with van der Waals surface area (Å²) in [4.78, 5) is 14.0. The van der Waals surface area contributed by atoms with Crippen molar-refractivity contribution < 1.29 is 18.2 Å². The molecule has 0 saturated heterocycles. The number of likely N-dealkylation sites (N-methyl/N-ethyl adjacent to an activating group) is 1. The topological polar surface area (TPSA) is 97.0 Å². The minimum atomic E-state index is -3.77. The molecule has 9 heteroatoms. The van der Waals surface area contributed by atoms with Gasteiger partial charge in [-0.3, -0.25) is 10.1 Å². The summed E-state index contributed by atoms with van der Waals surface area (Å²) in [6.07, 6.45) is 5.44. The summed E-state index contributed by atoms with van der Waals surface area (Å²) in [5.41, 5.74) is 0.303. The van der Waals surface area contributed by atoms with E-state index in [1.807, 2.05) is 26.0 Å². The van der Waals surface area contributed by atoms with Gasteiger partial charge in [0.05, 0.1) is 37.0 Å². The zero-order valence-corrected chi connectivity index (χ0v) is 16.5. The van der Waals surface area contributed by atoms with Crippen molar-refractivity contribution in [3.63, 3.8) is 0 Å². The first-order valence-electron chi connectivity index (χ1n) is 9.02. The van der Waals surface area contributed by atoms with Gasteiger partial charge in [0, 0.05) is 19.2 Å². The summed E-state index contributed by atoms with van der Waals surface area (Å²) in [5, 5.41) is 11.6. The predicted octanol–water partition coefficient (Wildman–Crippen LogP) is 0.787. The van der Waals surface area contributed by atoms with Gasteiger partial charge >= 0.3 is 0 Å². The Bertz CT molecular complexity index is 730. The Kier molecular flexibility index (Phi) is 6.96. The smallest absolute Gasteiger partial charge is 0.293 e. The Balaban J connectivity index is 2.26. The molecule has 1 fully saturated rings. The molecule has 0 atom stereocenters. The van der Waals surface area contributed by atoms with Gasteiger partial charge in [0.25, 0.3) is 5.69 Å². The maximum Gasteiger partial charge on any atom is 0.293 e. The lowest BCUT2D eigenvalue weighted by Gasteiger charge is -2.32. The van der Waals surface area contributed by atoms with Gasteiger partial charge in [-0.15, -0.1) is 0 Å². The van der Waals surface area contributed by atoms with Crippen molar-refractivity contribution >= 4 is 21.4 Å². The number of rotatable bonds is 8. The molecule has 0 aliphatic heterocycles. The Morgan fingerprint density at radius 2 is 1.92 bits per heavy atom. The number of hydrogen-bond acceptors (Lipinski definition) is 5. The SMILES string of the molecule is CN(c1ccc(S(=O)(=O)NCC[NH+](C)C)cc1[N+](=O)[O-])C1CCCCC1. The monoisotopic (exact) mass is 385 g/mol. The van der Waals surface area contributed by atoms with Gasteiger partial charge < -0.3 is 9.80 Å². The highest BCUT2D eigenvalue weighted by molar-refractivity contribution is 7.89. The van der Waals surface area contributed by atoms with Crippen LogP contribution in [-0.4, -0.2) is 53.6 Å². The molecule has 0 amide bonds. The lowest BCUT2D eigenvalue weighted by molar-refractivity contribution is -0.856. The number of benzene rings is 1. The van der Waals surface area contributed by atoms with Gasteiger partial charge in [-0.1, -0.05) is 19.3 Å². The van der Waals surface area contributed by atoms with Gasteiger partial charge in [-0.05, 0) is 25.0 Å². The van der Waals surface area contributed by atoms with Crippen LogP contribution < -0.4 is 14.5 Å². The second-order valence-electron chi connectivity index (χ2n) is 7.17. The first-order chi connectivity index (χ1) is 12.2. The lowest BCUT2D eigenvalue weighted by atomic mass is 9.94. The molecule has 2 N–H and O–H groups in total. The van der Waals surface area contributed by atoms with Gasteiger partial charge in [0.2, 0.25) is 10.0 Å². The van der Waals surface area contributed by atoms with E-state index in [1.54, 1.807) is 6.07 Å². The average Bonchev–Trinajstić information content (AvgIpc) is 2.60. The predicted molar refractivity (Wildman–Crippen MR) is 101 cm³/mol. The van der Waals surface area contributed by atoms with Crippen LogP contribution >= 0.6 is 0 Å². The lowest BCUT2D eigenvalue weighted by Crippen LogP contribution is -3.06. The van der Waals surface area contributed by atoms with Crippen molar-refractivity contribution in [2.24, 2.45) is 0 Å². The van der Waals surface area contributed by atoms with Crippen LogP contribution in [0, 0.1) is 10.1 Å². The summed E-state index contributed by atoms with van der Waals surface area (Å²) in [6, 6.07) is 4.43. The quantitative estimate of drug-likeness (QED) is 0.509. The molecule has 2 rings (SSSR count). The fourth-order valence-corrected chi connectivity index (χ4v) is 4.35. The Hall–Kier alpha value is -1.71. The third-order valence-electron chi connectivity index (χ3n) is 4.87. The third kappa shape index (κ3) is 5.15. The van der Waals surface area contributed by atoms with Crippen LogP contribution in [-0.2, 0) is 10.0 Å². The van der Waals surface area contributed by atoms with Crippen LogP contribution in [0.2, 0.25) is 0 Å². The van der Waals surface area contributed by atoms with Crippen LogP contribution in [0.3, 0.4) is 0 Å². The summed E-state index contributed by atoms with van der Waals surface area (Å²) < 4.78 is 27.3. The molecule has 146 valence electrons. The van der Waals surface area contributed by atoms with Crippen LogP contribution in [0.5, 0.6) is 0 Å². The Morgan fingerprint density at radius 3 is 2.50 bits per heavy atom. The van der Waals surface area contributed by atoms with Crippen molar-refractivity contribution in [1.29, 1.82) is 0 Å². The van der Waals surface area contributed by atoms with Crippen LogP contribution in [0.25, 0.3) is 0 Å². The van der Waals surface area contributed by atoms with E-state index in [4.69, 9.17) is 0 Å². The molecule has 8 nitrogen and oxygen atoms in total. The zero-order chi connectivity index (χ0) is 19.3. The maximum atomic E-state index is 12.4. The molecule has 1 aromatic rings. The van der Waals surface area contributed by atoms with Gasteiger partial charge in [-0.25, -0.2) is 13.1 Å². The minimum absolute atomic E-state index is 0.0706. The fourth-order valence-electron chi connectivity index (χ4n) is 3.30. The Labute approximate surface area is 155 Å². The highest BCUT2D eigenvalue weighted by Crippen LogP contribution is 2.34. The largest absolute Gasteiger partial charge is 0.366 e. The molecule has 0 aromatic heterocycles. The van der Waals surface area contributed by atoms with Crippen LogP contribution in [0.15, 0.2) is 23.1 Å². The molecule has 0 unspecified atom stereocenters. The number of nitro groups is 1. The van der Waals surface area contributed by atoms with E-state index in [9.17, 15) is 18.5 Å².